The average Bonchev–Trinajstić information content (AvgIpc) is 3.42. The lowest BCUT2D eigenvalue weighted by Gasteiger charge is -2.07. The van der Waals surface area contributed by atoms with Gasteiger partial charge < -0.3 is 19.3 Å². The van der Waals surface area contributed by atoms with E-state index in [0.717, 1.165) is 22.2 Å². The van der Waals surface area contributed by atoms with Crippen LogP contribution in [-0.2, 0) is 13.1 Å². The van der Waals surface area contributed by atoms with E-state index in [0.29, 0.717) is 22.8 Å². The zero-order valence-corrected chi connectivity index (χ0v) is 22.4. The van der Waals surface area contributed by atoms with Gasteiger partial charge in [0.25, 0.3) is 5.69 Å². The molecule has 0 aliphatic carbocycles. The summed E-state index contributed by atoms with van der Waals surface area (Å²) >= 11 is 0. The zero-order valence-electron chi connectivity index (χ0n) is 22.4. The van der Waals surface area contributed by atoms with Crippen LogP contribution in [0.25, 0.3) is 21.8 Å². The van der Waals surface area contributed by atoms with Gasteiger partial charge in [-0.2, -0.15) is 0 Å². The van der Waals surface area contributed by atoms with Gasteiger partial charge in [-0.3, -0.25) is 10.1 Å². The highest BCUT2D eigenvalue weighted by molar-refractivity contribution is 5.96. The van der Waals surface area contributed by atoms with E-state index in [1.54, 1.807) is 33.4 Å². The van der Waals surface area contributed by atoms with Crippen molar-refractivity contribution in [3.05, 3.63) is 134 Å². The number of aromatic nitrogens is 2. The van der Waals surface area contributed by atoms with E-state index in [9.17, 15) is 30.1 Å². The van der Waals surface area contributed by atoms with E-state index < -0.39 is 4.92 Å². The Morgan fingerprint density at radius 3 is 1.81 bits per heavy atom. The van der Waals surface area contributed by atoms with Crippen LogP contribution < -0.4 is 0 Å². The van der Waals surface area contributed by atoms with Gasteiger partial charge in [-0.25, -0.2) is 0 Å². The lowest BCUT2D eigenvalue weighted by molar-refractivity contribution is -0.384. The minimum atomic E-state index is -0.469. The number of para-hydroxylation sites is 1. The number of nitro benzene ring substituents is 1. The van der Waals surface area contributed by atoms with Crippen LogP contribution in [-0.4, -0.2) is 24.3 Å². The van der Waals surface area contributed by atoms with Crippen molar-refractivity contribution in [3.8, 4) is 11.8 Å². The number of hydrogen-bond acceptors (Lipinski definition) is 8. The molecule has 11 nitrogen and oxygen atoms in total. The monoisotopic (exact) mass is 563 g/mol. The fourth-order valence-corrected chi connectivity index (χ4v) is 4.88. The predicted molar refractivity (Wildman–Crippen MR) is 161 cm³/mol. The molecule has 0 bridgehead atoms. The van der Waals surface area contributed by atoms with Gasteiger partial charge in [-0.1, -0.05) is 72.3 Å². The summed E-state index contributed by atoms with van der Waals surface area (Å²) in [5, 5.41) is 38.2. The molecule has 0 amide bonds. The fourth-order valence-electron chi connectivity index (χ4n) is 4.88. The number of aromatic hydroxyl groups is 2. The summed E-state index contributed by atoms with van der Waals surface area (Å²) in [6, 6.07) is 28.6. The van der Waals surface area contributed by atoms with Crippen LogP contribution in [0.1, 0.15) is 16.7 Å². The Labute approximate surface area is 239 Å². The molecular formula is C31H25N5O6. The van der Waals surface area contributed by atoms with Crippen LogP contribution in [0.5, 0.6) is 11.8 Å². The largest absolute Gasteiger partial charge is 0.493 e. The van der Waals surface area contributed by atoms with Crippen molar-refractivity contribution in [2.75, 3.05) is 0 Å². The van der Waals surface area contributed by atoms with Crippen LogP contribution in [0.15, 0.2) is 107 Å². The maximum absolute atomic E-state index is 11.0. The van der Waals surface area contributed by atoms with Gasteiger partial charge in [0.05, 0.1) is 29.0 Å². The molecule has 0 unspecified atom stereocenters. The molecule has 0 aliphatic heterocycles. The molecule has 0 spiro atoms. The zero-order chi connectivity index (χ0) is 29.8. The quantitative estimate of drug-likeness (QED) is 0.115. The Bertz CT molecular complexity index is 1930. The molecule has 0 saturated carbocycles. The molecule has 6 aromatic rings. The molecule has 42 heavy (non-hydrogen) atoms. The van der Waals surface area contributed by atoms with Gasteiger partial charge in [0, 0.05) is 22.9 Å². The van der Waals surface area contributed by atoms with Crippen LogP contribution in [0, 0.1) is 26.9 Å². The van der Waals surface area contributed by atoms with Crippen molar-refractivity contribution in [1.29, 1.82) is 0 Å². The van der Waals surface area contributed by atoms with Crippen LogP contribution in [0.3, 0.4) is 0 Å². The Morgan fingerprint density at radius 2 is 1.21 bits per heavy atom. The van der Waals surface area contributed by atoms with Crippen molar-refractivity contribution in [2.45, 2.75) is 20.0 Å². The van der Waals surface area contributed by atoms with E-state index in [-0.39, 0.29) is 35.4 Å². The molecule has 0 radical (unpaired) electrons. The molecule has 2 heterocycles. The Morgan fingerprint density at radius 1 is 0.690 bits per heavy atom. The number of hydrogen-bond donors (Lipinski definition) is 2. The number of nitroso groups, excluding NO2 is 2. The summed E-state index contributed by atoms with van der Waals surface area (Å²) in [6.07, 6.45) is 0. The third kappa shape index (κ3) is 5.30. The summed E-state index contributed by atoms with van der Waals surface area (Å²) in [5.74, 6) is -0.293. The van der Waals surface area contributed by atoms with Gasteiger partial charge in [-0.15, -0.1) is 9.81 Å². The number of aryl methyl sites for hydroxylation is 1. The topological polar surface area (TPSA) is 152 Å². The van der Waals surface area contributed by atoms with Crippen LogP contribution in [0.4, 0.5) is 17.1 Å². The molecule has 4 aromatic carbocycles. The average molecular weight is 564 g/mol. The Balaban J connectivity index is 0.000000171. The number of nitrogens with zero attached hydrogens (tertiary/aromatic N) is 5. The summed E-state index contributed by atoms with van der Waals surface area (Å²) in [7, 11) is 0. The first-order valence-corrected chi connectivity index (χ1v) is 12.9. The van der Waals surface area contributed by atoms with Crippen LogP contribution >= 0.6 is 0 Å². The molecule has 210 valence electrons. The van der Waals surface area contributed by atoms with Crippen molar-refractivity contribution in [2.24, 2.45) is 10.4 Å². The Hall–Kier alpha value is -5.84. The third-order valence-corrected chi connectivity index (χ3v) is 6.94. The highest BCUT2D eigenvalue weighted by Crippen LogP contribution is 2.40. The number of fused-ring (bicyclic) bond motifs is 2. The van der Waals surface area contributed by atoms with Crippen molar-refractivity contribution in [3.63, 3.8) is 0 Å². The summed E-state index contributed by atoms with van der Waals surface area (Å²) in [5.41, 5.74) is 4.37. The molecule has 0 fully saturated rings. The highest BCUT2D eigenvalue weighted by atomic mass is 16.6. The van der Waals surface area contributed by atoms with E-state index in [2.05, 4.69) is 10.4 Å². The second kappa shape index (κ2) is 11.7. The summed E-state index contributed by atoms with van der Waals surface area (Å²) < 4.78 is 3.26. The molecule has 11 heteroatoms. The Kier molecular flexibility index (Phi) is 7.74. The lowest BCUT2D eigenvalue weighted by atomic mass is 10.1. The van der Waals surface area contributed by atoms with Gasteiger partial charge in [-0.05, 0) is 46.6 Å². The molecule has 2 N–H and O–H groups in total. The lowest BCUT2D eigenvalue weighted by Crippen LogP contribution is -1.99. The maximum atomic E-state index is 11.0. The first-order valence-electron chi connectivity index (χ1n) is 12.9. The number of nitro groups is 1. The fraction of sp³-hybridized carbons (Fsp3) is 0.0968. The minimum absolute atomic E-state index is 0.00112. The molecule has 0 aliphatic rings. The first kappa shape index (κ1) is 27.7. The van der Waals surface area contributed by atoms with Crippen LogP contribution in [0.2, 0.25) is 0 Å². The van der Waals surface area contributed by atoms with E-state index >= 15 is 0 Å². The second-order valence-electron chi connectivity index (χ2n) is 9.65. The molecule has 0 saturated heterocycles. The standard InChI is InChI=1S/C16H13N3O4.C15H12N2O2/c1-10-2-7-14-13(8-10)15(17-21)16(20)18(14)9-11-3-5-12(6-4-11)19(22)23;18-15-14(16-19)12-8-4-5-9-13(12)17(15)10-11-6-2-1-3-7-11/h2-8,20H,9H2,1H3;1-9,18H,10H2. The van der Waals surface area contributed by atoms with Gasteiger partial charge in [0.1, 0.15) is 0 Å². The highest BCUT2D eigenvalue weighted by Gasteiger charge is 2.19. The van der Waals surface area contributed by atoms with Gasteiger partial charge >= 0.3 is 0 Å². The predicted octanol–water partition coefficient (Wildman–Crippen LogP) is 7.80. The normalized spacial score (nSPS) is 10.8. The number of non-ortho nitro benzene ring substituents is 1. The summed E-state index contributed by atoms with van der Waals surface area (Å²) in [4.78, 5) is 32.1. The van der Waals surface area contributed by atoms with E-state index in [1.807, 2.05) is 67.6 Å². The van der Waals surface area contributed by atoms with Gasteiger partial charge in [0.2, 0.25) is 11.8 Å². The minimum Gasteiger partial charge on any atom is -0.493 e. The second-order valence-corrected chi connectivity index (χ2v) is 9.65. The summed E-state index contributed by atoms with van der Waals surface area (Å²) in [6.45, 7) is 2.67. The number of rotatable bonds is 7. The molecular weight excluding hydrogens is 538 g/mol. The number of benzene rings is 4. The van der Waals surface area contributed by atoms with E-state index in [4.69, 9.17) is 0 Å². The van der Waals surface area contributed by atoms with E-state index in [1.165, 1.54) is 12.1 Å². The molecule has 0 atom stereocenters. The van der Waals surface area contributed by atoms with Crippen molar-refractivity contribution >= 4 is 38.9 Å². The SMILES string of the molecule is Cc1ccc2c(c1)c(N=O)c(O)n2Cc1ccc([N+](=O)[O-])cc1.O=Nc1c(O)n(Cc2ccccc2)c2ccccc12. The van der Waals surface area contributed by atoms with Crippen molar-refractivity contribution in [1.82, 2.24) is 9.13 Å². The molecule has 2 aromatic heterocycles. The third-order valence-electron chi connectivity index (χ3n) is 6.94. The van der Waals surface area contributed by atoms with Crippen molar-refractivity contribution < 1.29 is 15.1 Å². The van der Waals surface area contributed by atoms with Gasteiger partial charge in [0.15, 0.2) is 11.4 Å². The maximum Gasteiger partial charge on any atom is 0.269 e. The smallest absolute Gasteiger partial charge is 0.269 e. The first-order chi connectivity index (χ1) is 20.3. The molecule has 6 rings (SSSR count).